The average Bonchev–Trinajstić information content (AvgIpc) is 2.80. The molecule has 4 heteroatoms. The van der Waals surface area contributed by atoms with Gasteiger partial charge in [0, 0.05) is 19.1 Å². The van der Waals surface area contributed by atoms with Gasteiger partial charge in [-0.25, -0.2) is 0 Å². The Bertz CT molecular complexity index is 233. The van der Waals surface area contributed by atoms with Gasteiger partial charge in [-0.1, -0.05) is 20.3 Å². The summed E-state index contributed by atoms with van der Waals surface area (Å²) in [5.41, 5.74) is 5.63. The molecule has 3 N–H and O–H groups in total. The number of likely N-dealkylation sites (N-methyl/N-ethyl adjacent to an activating group) is 1. The molecule has 4 nitrogen and oxygen atoms in total. The topological polar surface area (TPSA) is 58.4 Å². The maximum Gasteiger partial charge on any atom is 0.224 e. The minimum atomic E-state index is -0.00326. The molecule has 0 aromatic heterocycles. The third kappa shape index (κ3) is 4.28. The molecule has 100 valence electrons. The highest BCUT2D eigenvalue weighted by Crippen LogP contribution is 2.15. The Morgan fingerprint density at radius 2 is 2.29 bits per heavy atom. The minimum Gasteiger partial charge on any atom is -0.354 e. The molecule has 1 aliphatic heterocycles. The summed E-state index contributed by atoms with van der Waals surface area (Å²) in [5.74, 6) is 0.133. The lowest BCUT2D eigenvalue weighted by Gasteiger charge is -2.24. The monoisotopic (exact) mass is 241 g/mol. The highest BCUT2D eigenvalue weighted by molar-refractivity contribution is 5.78. The SMILES string of the molecule is CCCC(CN)C(=O)NCC1CCCN1CC. The predicted octanol–water partition coefficient (Wildman–Crippen LogP) is 0.962. The highest BCUT2D eigenvalue weighted by atomic mass is 16.1. The highest BCUT2D eigenvalue weighted by Gasteiger charge is 2.24. The summed E-state index contributed by atoms with van der Waals surface area (Å²) >= 11 is 0. The summed E-state index contributed by atoms with van der Waals surface area (Å²) < 4.78 is 0. The average molecular weight is 241 g/mol. The smallest absolute Gasteiger partial charge is 0.224 e. The van der Waals surface area contributed by atoms with Gasteiger partial charge in [-0.05, 0) is 32.4 Å². The molecule has 1 rings (SSSR count). The van der Waals surface area contributed by atoms with Gasteiger partial charge in [0.1, 0.15) is 0 Å². The predicted molar refractivity (Wildman–Crippen MR) is 70.7 cm³/mol. The molecule has 2 unspecified atom stereocenters. The number of carbonyl (C=O) groups excluding carboxylic acids is 1. The zero-order valence-corrected chi connectivity index (χ0v) is 11.2. The van der Waals surface area contributed by atoms with E-state index in [1.165, 1.54) is 19.4 Å². The molecule has 0 aromatic carbocycles. The molecular weight excluding hydrogens is 214 g/mol. The van der Waals surface area contributed by atoms with E-state index in [0.717, 1.165) is 25.9 Å². The van der Waals surface area contributed by atoms with Crippen molar-refractivity contribution < 1.29 is 4.79 Å². The molecule has 0 saturated carbocycles. The van der Waals surface area contributed by atoms with Gasteiger partial charge in [-0.2, -0.15) is 0 Å². The van der Waals surface area contributed by atoms with Crippen LogP contribution in [-0.2, 0) is 4.79 Å². The number of likely N-dealkylation sites (tertiary alicyclic amines) is 1. The van der Waals surface area contributed by atoms with Crippen molar-refractivity contribution in [2.45, 2.75) is 45.6 Å². The number of hydrogen-bond acceptors (Lipinski definition) is 3. The van der Waals surface area contributed by atoms with E-state index in [9.17, 15) is 4.79 Å². The standard InChI is InChI=1S/C13H27N3O/c1-3-6-11(9-14)13(17)15-10-12-7-5-8-16(12)4-2/h11-12H,3-10,14H2,1-2H3,(H,15,17). The fourth-order valence-electron chi connectivity index (χ4n) is 2.61. The number of hydrogen-bond donors (Lipinski definition) is 2. The van der Waals surface area contributed by atoms with E-state index >= 15 is 0 Å². The molecule has 17 heavy (non-hydrogen) atoms. The second kappa shape index (κ2) is 7.67. The summed E-state index contributed by atoms with van der Waals surface area (Å²) in [4.78, 5) is 14.3. The third-order valence-corrected chi connectivity index (χ3v) is 3.71. The van der Waals surface area contributed by atoms with Crippen LogP contribution in [0.3, 0.4) is 0 Å². The van der Waals surface area contributed by atoms with Crippen LogP contribution in [0.1, 0.15) is 39.5 Å². The lowest BCUT2D eigenvalue weighted by atomic mass is 10.0. The van der Waals surface area contributed by atoms with Crippen LogP contribution in [0, 0.1) is 5.92 Å². The van der Waals surface area contributed by atoms with Crippen molar-refractivity contribution in [2.24, 2.45) is 11.7 Å². The Kier molecular flexibility index (Phi) is 6.52. The quantitative estimate of drug-likeness (QED) is 0.698. The van der Waals surface area contributed by atoms with E-state index in [-0.39, 0.29) is 11.8 Å². The molecule has 0 radical (unpaired) electrons. The molecular formula is C13H27N3O. The first-order chi connectivity index (χ1) is 8.22. The van der Waals surface area contributed by atoms with Crippen LogP contribution in [0.15, 0.2) is 0 Å². The zero-order valence-electron chi connectivity index (χ0n) is 11.2. The van der Waals surface area contributed by atoms with Crippen LogP contribution in [-0.4, -0.2) is 43.0 Å². The molecule has 1 saturated heterocycles. The first kappa shape index (κ1) is 14.5. The van der Waals surface area contributed by atoms with E-state index in [2.05, 4.69) is 24.1 Å². The van der Waals surface area contributed by atoms with Gasteiger partial charge in [-0.15, -0.1) is 0 Å². The van der Waals surface area contributed by atoms with Gasteiger partial charge < -0.3 is 11.1 Å². The van der Waals surface area contributed by atoms with Gasteiger partial charge >= 0.3 is 0 Å². The molecule has 2 atom stereocenters. The summed E-state index contributed by atoms with van der Waals surface area (Å²) in [5, 5.41) is 3.06. The van der Waals surface area contributed by atoms with Gasteiger partial charge in [0.15, 0.2) is 0 Å². The summed E-state index contributed by atoms with van der Waals surface area (Å²) in [6.45, 7) is 7.77. The largest absolute Gasteiger partial charge is 0.354 e. The van der Waals surface area contributed by atoms with Crippen molar-refractivity contribution in [3.63, 3.8) is 0 Å². The third-order valence-electron chi connectivity index (χ3n) is 3.71. The fraction of sp³-hybridized carbons (Fsp3) is 0.923. The van der Waals surface area contributed by atoms with E-state index < -0.39 is 0 Å². The number of carbonyl (C=O) groups is 1. The lowest BCUT2D eigenvalue weighted by molar-refractivity contribution is -0.125. The van der Waals surface area contributed by atoms with Crippen LogP contribution in [0.2, 0.25) is 0 Å². The van der Waals surface area contributed by atoms with Crippen molar-refractivity contribution >= 4 is 5.91 Å². The van der Waals surface area contributed by atoms with Crippen LogP contribution in [0.25, 0.3) is 0 Å². The fourth-order valence-corrected chi connectivity index (χ4v) is 2.61. The second-order valence-electron chi connectivity index (χ2n) is 4.89. The Morgan fingerprint density at radius 1 is 1.53 bits per heavy atom. The zero-order chi connectivity index (χ0) is 12.7. The minimum absolute atomic E-state index is 0.00326. The van der Waals surface area contributed by atoms with Crippen molar-refractivity contribution in [1.82, 2.24) is 10.2 Å². The van der Waals surface area contributed by atoms with Crippen LogP contribution >= 0.6 is 0 Å². The second-order valence-corrected chi connectivity index (χ2v) is 4.89. The number of nitrogens with one attached hydrogen (secondary N) is 1. The molecule has 0 aromatic rings. The summed E-state index contributed by atoms with van der Waals surface area (Å²) in [6.07, 6.45) is 4.36. The molecule has 0 spiro atoms. The maximum absolute atomic E-state index is 11.9. The number of amides is 1. The van der Waals surface area contributed by atoms with E-state index in [1.807, 2.05) is 0 Å². The Hall–Kier alpha value is -0.610. The number of nitrogens with two attached hydrogens (primary N) is 1. The van der Waals surface area contributed by atoms with Crippen LogP contribution < -0.4 is 11.1 Å². The van der Waals surface area contributed by atoms with Gasteiger partial charge in [0.2, 0.25) is 5.91 Å². The molecule has 1 amide bonds. The molecule has 1 heterocycles. The molecule has 0 aliphatic carbocycles. The van der Waals surface area contributed by atoms with Crippen molar-refractivity contribution in [3.8, 4) is 0 Å². The van der Waals surface area contributed by atoms with Crippen LogP contribution in [0.5, 0.6) is 0 Å². The Balaban J connectivity index is 2.31. The number of rotatable bonds is 7. The van der Waals surface area contributed by atoms with Gasteiger partial charge in [-0.3, -0.25) is 9.69 Å². The van der Waals surface area contributed by atoms with Crippen molar-refractivity contribution in [3.05, 3.63) is 0 Å². The van der Waals surface area contributed by atoms with Crippen molar-refractivity contribution in [2.75, 3.05) is 26.2 Å². The lowest BCUT2D eigenvalue weighted by Crippen LogP contribution is -2.43. The molecule has 0 bridgehead atoms. The van der Waals surface area contributed by atoms with Gasteiger partial charge in [0.05, 0.1) is 5.92 Å². The molecule has 1 fully saturated rings. The molecule has 1 aliphatic rings. The normalized spacial score (nSPS) is 22.6. The van der Waals surface area contributed by atoms with E-state index in [4.69, 9.17) is 5.73 Å². The first-order valence-electron chi connectivity index (χ1n) is 6.94. The Labute approximate surface area is 105 Å². The summed E-state index contributed by atoms with van der Waals surface area (Å²) in [6, 6.07) is 0.531. The summed E-state index contributed by atoms with van der Waals surface area (Å²) in [7, 11) is 0. The van der Waals surface area contributed by atoms with Crippen molar-refractivity contribution in [1.29, 1.82) is 0 Å². The maximum atomic E-state index is 11.9. The first-order valence-corrected chi connectivity index (χ1v) is 6.94. The van der Waals surface area contributed by atoms with Crippen LogP contribution in [0.4, 0.5) is 0 Å². The van der Waals surface area contributed by atoms with E-state index in [0.29, 0.717) is 12.6 Å². The van der Waals surface area contributed by atoms with Gasteiger partial charge in [0.25, 0.3) is 0 Å². The Morgan fingerprint density at radius 3 is 2.88 bits per heavy atom. The van der Waals surface area contributed by atoms with E-state index in [1.54, 1.807) is 0 Å². The number of nitrogens with zero attached hydrogens (tertiary/aromatic N) is 1.